The second-order valence-electron chi connectivity index (χ2n) is 5.26. The second kappa shape index (κ2) is 6.21. The number of nitrogen functional groups attached to an aromatic ring is 1. The highest BCUT2D eigenvalue weighted by Crippen LogP contribution is 2.24. The third-order valence-electron chi connectivity index (χ3n) is 3.49. The molecule has 1 saturated heterocycles. The van der Waals surface area contributed by atoms with E-state index in [9.17, 15) is 13.2 Å². The molecule has 0 spiro atoms. The maximum atomic E-state index is 12.0. The number of amides is 1. The van der Waals surface area contributed by atoms with Gasteiger partial charge in [-0.1, -0.05) is 11.6 Å². The van der Waals surface area contributed by atoms with Gasteiger partial charge < -0.3 is 11.1 Å². The molecule has 1 amide bonds. The van der Waals surface area contributed by atoms with Crippen molar-refractivity contribution in [3.63, 3.8) is 0 Å². The molecule has 0 aliphatic carbocycles. The Labute approximate surface area is 129 Å². The molecule has 0 saturated carbocycles. The maximum Gasteiger partial charge on any atom is 0.238 e. The molecule has 1 heterocycles. The number of likely N-dealkylation sites (N-methyl/N-ethyl adjacent to an activating group) is 1. The summed E-state index contributed by atoms with van der Waals surface area (Å²) >= 11 is 5.98. The van der Waals surface area contributed by atoms with E-state index in [0.29, 0.717) is 22.8 Å². The number of nitrogens with two attached hydrogens (primary N) is 1. The van der Waals surface area contributed by atoms with Crippen LogP contribution in [0.25, 0.3) is 0 Å². The largest absolute Gasteiger partial charge is 0.399 e. The first-order valence-corrected chi connectivity index (χ1v) is 8.72. The van der Waals surface area contributed by atoms with Crippen molar-refractivity contribution < 1.29 is 13.2 Å². The van der Waals surface area contributed by atoms with E-state index in [2.05, 4.69) is 5.32 Å². The van der Waals surface area contributed by atoms with Gasteiger partial charge in [-0.15, -0.1) is 0 Å². The van der Waals surface area contributed by atoms with Crippen molar-refractivity contribution >= 4 is 38.7 Å². The molecule has 2 rings (SSSR count). The van der Waals surface area contributed by atoms with Crippen LogP contribution in [0.4, 0.5) is 11.4 Å². The van der Waals surface area contributed by atoms with E-state index in [4.69, 9.17) is 17.3 Å². The fraction of sp³-hybridized carbons (Fsp3) is 0.462. The lowest BCUT2D eigenvalue weighted by atomic mass is 10.2. The summed E-state index contributed by atoms with van der Waals surface area (Å²) in [7, 11) is -1.22. The molecular weight excluding hydrogens is 314 g/mol. The van der Waals surface area contributed by atoms with E-state index < -0.39 is 9.84 Å². The molecule has 1 aliphatic rings. The number of carbonyl (C=O) groups excluding carboxylic acids is 1. The normalized spacial score (nSPS) is 20.6. The van der Waals surface area contributed by atoms with Gasteiger partial charge >= 0.3 is 0 Å². The molecule has 3 N–H and O–H groups in total. The zero-order valence-electron chi connectivity index (χ0n) is 11.7. The quantitative estimate of drug-likeness (QED) is 0.802. The van der Waals surface area contributed by atoms with Crippen LogP contribution in [-0.2, 0) is 14.6 Å². The summed E-state index contributed by atoms with van der Waals surface area (Å²) in [5.41, 5.74) is 6.60. The van der Waals surface area contributed by atoms with Gasteiger partial charge in [-0.3, -0.25) is 9.69 Å². The number of hydrogen-bond acceptors (Lipinski definition) is 5. The molecule has 1 aromatic carbocycles. The number of benzene rings is 1. The Morgan fingerprint density at radius 1 is 1.52 bits per heavy atom. The Bertz CT molecular complexity index is 648. The van der Waals surface area contributed by atoms with Gasteiger partial charge in [-0.05, 0) is 31.7 Å². The number of carbonyl (C=O) groups is 1. The molecule has 1 unspecified atom stereocenters. The van der Waals surface area contributed by atoms with E-state index in [1.807, 2.05) is 0 Å². The fourth-order valence-corrected chi connectivity index (χ4v) is 4.28. The summed E-state index contributed by atoms with van der Waals surface area (Å²) in [6, 6.07) is 4.73. The lowest BCUT2D eigenvalue weighted by molar-refractivity contribution is -0.117. The van der Waals surface area contributed by atoms with Gasteiger partial charge in [0.05, 0.1) is 28.8 Å². The Morgan fingerprint density at radius 2 is 2.24 bits per heavy atom. The summed E-state index contributed by atoms with van der Waals surface area (Å²) in [5.74, 6) is 0.0369. The van der Waals surface area contributed by atoms with E-state index in [1.54, 1.807) is 30.1 Å². The van der Waals surface area contributed by atoms with Crippen LogP contribution in [0.2, 0.25) is 5.02 Å². The van der Waals surface area contributed by atoms with E-state index in [1.165, 1.54) is 0 Å². The lowest BCUT2D eigenvalue weighted by Gasteiger charge is -2.22. The highest BCUT2D eigenvalue weighted by Gasteiger charge is 2.31. The van der Waals surface area contributed by atoms with E-state index >= 15 is 0 Å². The standard InChI is InChI=1S/C13H18ClN3O3S/c1-17(10-4-5-21(19,20)8-10)7-13(18)16-12-6-9(15)2-3-11(12)14/h2-3,6,10H,4-5,7-8,15H2,1H3,(H,16,18). The van der Waals surface area contributed by atoms with Crippen LogP contribution in [-0.4, -0.2) is 50.4 Å². The Hall–Kier alpha value is -1.31. The van der Waals surface area contributed by atoms with Crippen molar-refractivity contribution in [2.45, 2.75) is 12.5 Å². The van der Waals surface area contributed by atoms with Gasteiger partial charge in [-0.25, -0.2) is 8.42 Å². The first-order chi connectivity index (χ1) is 9.77. The van der Waals surface area contributed by atoms with Crippen LogP contribution in [0.15, 0.2) is 18.2 Å². The van der Waals surface area contributed by atoms with Gasteiger partial charge in [0.25, 0.3) is 0 Å². The van der Waals surface area contributed by atoms with Crippen LogP contribution in [0.3, 0.4) is 0 Å². The highest BCUT2D eigenvalue weighted by molar-refractivity contribution is 7.91. The minimum absolute atomic E-state index is 0.102. The van der Waals surface area contributed by atoms with Crippen molar-refractivity contribution in [2.75, 3.05) is 36.1 Å². The topological polar surface area (TPSA) is 92.5 Å². The molecule has 0 radical (unpaired) electrons. The summed E-state index contributed by atoms with van der Waals surface area (Å²) in [5, 5.41) is 3.09. The molecule has 116 valence electrons. The molecule has 21 heavy (non-hydrogen) atoms. The fourth-order valence-electron chi connectivity index (χ4n) is 2.31. The Morgan fingerprint density at radius 3 is 2.86 bits per heavy atom. The van der Waals surface area contributed by atoms with Crippen molar-refractivity contribution in [3.05, 3.63) is 23.2 Å². The summed E-state index contributed by atoms with van der Waals surface area (Å²) in [6.07, 6.45) is 0.561. The third-order valence-corrected chi connectivity index (χ3v) is 5.57. The van der Waals surface area contributed by atoms with Gasteiger partial charge in [0.2, 0.25) is 5.91 Å². The monoisotopic (exact) mass is 331 g/mol. The minimum Gasteiger partial charge on any atom is -0.399 e. The summed E-state index contributed by atoms with van der Waals surface area (Å²) in [6.45, 7) is 0.102. The number of halogens is 1. The number of sulfone groups is 1. The lowest BCUT2D eigenvalue weighted by Crippen LogP contribution is -2.38. The molecule has 1 aliphatic heterocycles. The van der Waals surface area contributed by atoms with Gasteiger partial charge in [0.1, 0.15) is 0 Å². The predicted molar refractivity (Wildman–Crippen MR) is 84.2 cm³/mol. The molecule has 1 aromatic rings. The first kappa shape index (κ1) is 16.1. The maximum absolute atomic E-state index is 12.0. The van der Waals surface area contributed by atoms with Crippen LogP contribution >= 0.6 is 11.6 Å². The Kier molecular flexibility index (Phi) is 4.75. The molecule has 1 fully saturated rings. The average Bonchev–Trinajstić information content (AvgIpc) is 2.74. The third kappa shape index (κ3) is 4.33. The van der Waals surface area contributed by atoms with E-state index in [0.717, 1.165) is 0 Å². The van der Waals surface area contributed by atoms with Gasteiger partial charge in [0.15, 0.2) is 9.84 Å². The average molecular weight is 332 g/mol. The second-order valence-corrected chi connectivity index (χ2v) is 7.90. The van der Waals surface area contributed by atoms with E-state index in [-0.39, 0.29) is 30.0 Å². The van der Waals surface area contributed by atoms with Crippen molar-refractivity contribution in [1.29, 1.82) is 0 Å². The van der Waals surface area contributed by atoms with Crippen LogP contribution < -0.4 is 11.1 Å². The van der Waals surface area contributed by atoms with Gasteiger partial charge in [-0.2, -0.15) is 0 Å². The number of anilines is 2. The number of rotatable bonds is 4. The summed E-state index contributed by atoms with van der Waals surface area (Å²) < 4.78 is 22.9. The van der Waals surface area contributed by atoms with Crippen molar-refractivity contribution in [3.8, 4) is 0 Å². The van der Waals surface area contributed by atoms with Gasteiger partial charge in [0, 0.05) is 11.7 Å². The zero-order valence-corrected chi connectivity index (χ0v) is 13.2. The molecular formula is C13H18ClN3O3S. The molecule has 0 bridgehead atoms. The van der Waals surface area contributed by atoms with Crippen molar-refractivity contribution in [2.24, 2.45) is 0 Å². The van der Waals surface area contributed by atoms with Crippen LogP contribution in [0.1, 0.15) is 6.42 Å². The van der Waals surface area contributed by atoms with Crippen LogP contribution in [0, 0.1) is 0 Å². The smallest absolute Gasteiger partial charge is 0.238 e. The predicted octanol–water partition coefficient (Wildman–Crippen LogP) is 0.980. The number of hydrogen-bond donors (Lipinski definition) is 2. The highest BCUT2D eigenvalue weighted by atomic mass is 35.5. The summed E-state index contributed by atoms with van der Waals surface area (Å²) in [4.78, 5) is 13.8. The zero-order chi connectivity index (χ0) is 15.6. The van der Waals surface area contributed by atoms with Crippen LogP contribution in [0.5, 0.6) is 0 Å². The first-order valence-electron chi connectivity index (χ1n) is 6.52. The molecule has 6 nitrogen and oxygen atoms in total. The SMILES string of the molecule is CN(CC(=O)Nc1cc(N)ccc1Cl)C1CCS(=O)(=O)C1. The molecule has 1 atom stereocenters. The molecule has 0 aromatic heterocycles. The minimum atomic E-state index is -2.96. The molecule has 8 heteroatoms. The number of nitrogens with one attached hydrogen (secondary N) is 1. The number of nitrogens with zero attached hydrogens (tertiary/aromatic N) is 1. The van der Waals surface area contributed by atoms with Crippen molar-refractivity contribution in [1.82, 2.24) is 4.90 Å². The Balaban J connectivity index is 1.94.